The van der Waals surface area contributed by atoms with Crippen molar-refractivity contribution in [1.29, 1.82) is 0 Å². The molecule has 0 aliphatic carbocycles. The number of hydrogen-bond donors (Lipinski definition) is 0. The van der Waals surface area contributed by atoms with E-state index in [2.05, 4.69) is 4.74 Å². The van der Waals surface area contributed by atoms with Crippen LogP contribution >= 0.6 is 0 Å². The fourth-order valence-corrected chi connectivity index (χ4v) is 2.35. The Labute approximate surface area is 145 Å². The average molecular weight is 351 g/mol. The third-order valence-electron chi connectivity index (χ3n) is 3.51. The molecule has 134 valence electrons. The molecule has 1 amide bonds. The standard InChI is InChI=1S/C19H20F3NO2/c20-19(21,22)15-25-12-11-18(24)23(13-16-7-3-1-4-8-16)14-17-9-5-2-6-10-17/h1-10H,11-15H2. The lowest BCUT2D eigenvalue weighted by atomic mass is 10.1. The number of rotatable bonds is 8. The molecule has 0 saturated heterocycles. The molecule has 0 atom stereocenters. The van der Waals surface area contributed by atoms with Gasteiger partial charge in [0.15, 0.2) is 0 Å². The summed E-state index contributed by atoms with van der Waals surface area (Å²) in [6.45, 7) is -0.794. The maximum Gasteiger partial charge on any atom is 0.411 e. The van der Waals surface area contributed by atoms with Crippen LogP contribution < -0.4 is 0 Å². The minimum atomic E-state index is -4.38. The molecule has 2 aromatic carbocycles. The van der Waals surface area contributed by atoms with E-state index >= 15 is 0 Å². The van der Waals surface area contributed by atoms with Crippen molar-refractivity contribution in [2.75, 3.05) is 13.2 Å². The van der Waals surface area contributed by atoms with E-state index in [0.717, 1.165) is 11.1 Å². The normalized spacial score (nSPS) is 11.3. The Morgan fingerprint density at radius 2 is 1.36 bits per heavy atom. The topological polar surface area (TPSA) is 29.5 Å². The zero-order chi connectivity index (χ0) is 18.1. The number of alkyl halides is 3. The van der Waals surface area contributed by atoms with Gasteiger partial charge in [0.05, 0.1) is 13.0 Å². The zero-order valence-electron chi connectivity index (χ0n) is 13.7. The highest BCUT2D eigenvalue weighted by molar-refractivity contribution is 5.76. The van der Waals surface area contributed by atoms with E-state index in [0.29, 0.717) is 13.1 Å². The van der Waals surface area contributed by atoms with Crippen molar-refractivity contribution in [3.63, 3.8) is 0 Å². The SMILES string of the molecule is O=C(CCOCC(F)(F)F)N(Cc1ccccc1)Cc1ccccc1. The highest BCUT2D eigenvalue weighted by Gasteiger charge is 2.27. The van der Waals surface area contributed by atoms with E-state index in [1.54, 1.807) is 4.90 Å². The number of carbonyl (C=O) groups excluding carboxylic acids is 1. The quantitative estimate of drug-likeness (QED) is 0.668. The molecule has 0 bridgehead atoms. The van der Waals surface area contributed by atoms with E-state index in [4.69, 9.17) is 0 Å². The van der Waals surface area contributed by atoms with Gasteiger partial charge in [-0.25, -0.2) is 0 Å². The summed E-state index contributed by atoms with van der Waals surface area (Å²) in [5, 5.41) is 0. The second-order valence-electron chi connectivity index (χ2n) is 5.64. The van der Waals surface area contributed by atoms with Gasteiger partial charge in [-0.2, -0.15) is 13.2 Å². The van der Waals surface area contributed by atoms with E-state index in [9.17, 15) is 18.0 Å². The van der Waals surface area contributed by atoms with Gasteiger partial charge in [0, 0.05) is 13.1 Å². The molecular formula is C19H20F3NO2. The van der Waals surface area contributed by atoms with Gasteiger partial charge in [0.1, 0.15) is 6.61 Å². The Kier molecular flexibility index (Phi) is 7.01. The third-order valence-corrected chi connectivity index (χ3v) is 3.51. The van der Waals surface area contributed by atoms with Crippen molar-refractivity contribution >= 4 is 5.91 Å². The van der Waals surface area contributed by atoms with Crippen molar-refractivity contribution in [3.8, 4) is 0 Å². The minimum Gasteiger partial charge on any atom is -0.372 e. The predicted molar refractivity (Wildman–Crippen MR) is 88.6 cm³/mol. The second-order valence-corrected chi connectivity index (χ2v) is 5.64. The molecule has 3 nitrogen and oxygen atoms in total. The second kappa shape index (κ2) is 9.22. The summed E-state index contributed by atoms with van der Waals surface area (Å²) >= 11 is 0. The summed E-state index contributed by atoms with van der Waals surface area (Å²) < 4.78 is 40.8. The molecule has 25 heavy (non-hydrogen) atoms. The number of halogens is 3. The Bertz CT molecular complexity index is 603. The van der Waals surface area contributed by atoms with E-state index < -0.39 is 12.8 Å². The van der Waals surface area contributed by atoms with Crippen LogP contribution in [0.4, 0.5) is 13.2 Å². The number of hydrogen-bond acceptors (Lipinski definition) is 2. The average Bonchev–Trinajstić information content (AvgIpc) is 2.59. The third kappa shape index (κ3) is 7.39. The first-order valence-corrected chi connectivity index (χ1v) is 7.94. The van der Waals surface area contributed by atoms with Crippen molar-refractivity contribution in [3.05, 3.63) is 71.8 Å². The van der Waals surface area contributed by atoms with Crippen LogP contribution in [0.1, 0.15) is 17.5 Å². The van der Waals surface area contributed by atoms with Crippen molar-refractivity contribution in [2.24, 2.45) is 0 Å². The molecule has 0 heterocycles. The molecule has 2 aromatic rings. The molecule has 0 aliphatic heterocycles. The van der Waals surface area contributed by atoms with E-state index in [1.165, 1.54) is 0 Å². The Hall–Kier alpha value is -2.34. The van der Waals surface area contributed by atoms with Gasteiger partial charge in [-0.05, 0) is 11.1 Å². The fraction of sp³-hybridized carbons (Fsp3) is 0.316. The largest absolute Gasteiger partial charge is 0.411 e. The molecule has 0 spiro atoms. The van der Waals surface area contributed by atoms with E-state index in [-0.39, 0.29) is 18.9 Å². The molecular weight excluding hydrogens is 331 g/mol. The lowest BCUT2D eigenvalue weighted by Gasteiger charge is -2.23. The number of amides is 1. The summed E-state index contributed by atoms with van der Waals surface area (Å²) in [5.41, 5.74) is 1.92. The van der Waals surface area contributed by atoms with Gasteiger partial charge in [-0.3, -0.25) is 4.79 Å². The van der Waals surface area contributed by atoms with Crippen LogP contribution in [0.3, 0.4) is 0 Å². The summed E-state index contributed by atoms with van der Waals surface area (Å²) in [4.78, 5) is 14.1. The van der Waals surface area contributed by atoms with Crippen molar-refractivity contribution < 1.29 is 22.7 Å². The van der Waals surface area contributed by atoms with Gasteiger partial charge in [0.25, 0.3) is 0 Å². The highest BCUT2D eigenvalue weighted by atomic mass is 19.4. The van der Waals surface area contributed by atoms with Gasteiger partial charge in [-0.1, -0.05) is 60.7 Å². The fourth-order valence-electron chi connectivity index (χ4n) is 2.35. The molecule has 2 rings (SSSR count). The molecule has 0 aliphatic rings. The minimum absolute atomic E-state index is 0.0876. The van der Waals surface area contributed by atoms with Gasteiger partial charge < -0.3 is 9.64 Å². The smallest absolute Gasteiger partial charge is 0.372 e. The van der Waals surface area contributed by atoms with Crippen LogP contribution in [0.2, 0.25) is 0 Å². The molecule has 0 aromatic heterocycles. The lowest BCUT2D eigenvalue weighted by molar-refractivity contribution is -0.175. The van der Waals surface area contributed by atoms with Crippen LogP contribution in [0, 0.1) is 0 Å². The van der Waals surface area contributed by atoms with Gasteiger partial charge >= 0.3 is 6.18 Å². The molecule has 0 fully saturated rings. The van der Waals surface area contributed by atoms with Crippen LogP contribution in [-0.2, 0) is 22.6 Å². The van der Waals surface area contributed by atoms with Gasteiger partial charge in [-0.15, -0.1) is 0 Å². The summed E-state index contributed by atoms with van der Waals surface area (Å²) in [7, 11) is 0. The maximum atomic E-state index is 12.4. The summed E-state index contributed by atoms with van der Waals surface area (Å²) in [6.07, 6.45) is -4.47. The summed E-state index contributed by atoms with van der Waals surface area (Å²) in [5.74, 6) is -0.241. The molecule has 6 heteroatoms. The van der Waals surface area contributed by atoms with Crippen molar-refractivity contribution in [2.45, 2.75) is 25.7 Å². The Balaban J connectivity index is 1.96. The Morgan fingerprint density at radius 1 is 0.880 bits per heavy atom. The number of carbonyl (C=O) groups is 1. The predicted octanol–water partition coefficient (Wildman–Crippen LogP) is 4.18. The van der Waals surface area contributed by atoms with Crippen LogP contribution in [0.15, 0.2) is 60.7 Å². The molecule has 0 unspecified atom stereocenters. The monoisotopic (exact) mass is 351 g/mol. The summed E-state index contributed by atoms with van der Waals surface area (Å²) in [6, 6.07) is 18.9. The maximum absolute atomic E-state index is 12.4. The van der Waals surface area contributed by atoms with Crippen LogP contribution in [-0.4, -0.2) is 30.2 Å². The first kappa shape index (κ1) is 19.0. The molecule has 0 N–H and O–H groups in total. The highest BCUT2D eigenvalue weighted by Crippen LogP contribution is 2.15. The van der Waals surface area contributed by atoms with E-state index in [1.807, 2.05) is 60.7 Å². The zero-order valence-corrected chi connectivity index (χ0v) is 13.7. The Morgan fingerprint density at radius 3 is 1.80 bits per heavy atom. The lowest BCUT2D eigenvalue weighted by Crippen LogP contribution is -2.31. The number of nitrogens with zero attached hydrogens (tertiary/aromatic N) is 1. The van der Waals surface area contributed by atoms with Gasteiger partial charge in [0.2, 0.25) is 5.91 Å². The van der Waals surface area contributed by atoms with Crippen LogP contribution in [0.5, 0.6) is 0 Å². The van der Waals surface area contributed by atoms with Crippen molar-refractivity contribution in [1.82, 2.24) is 4.90 Å². The first-order chi connectivity index (χ1) is 11.9. The first-order valence-electron chi connectivity index (χ1n) is 7.94. The number of benzene rings is 2. The number of ether oxygens (including phenoxy) is 1. The molecule has 0 saturated carbocycles. The molecule has 0 radical (unpaired) electrons. The van der Waals surface area contributed by atoms with Crippen LogP contribution in [0.25, 0.3) is 0 Å².